The van der Waals surface area contributed by atoms with Crippen LogP contribution in [0.3, 0.4) is 0 Å². The van der Waals surface area contributed by atoms with Crippen LogP contribution in [0.15, 0.2) is 30.5 Å². The number of carboxylic acid groups (broad SMARTS) is 1. The van der Waals surface area contributed by atoms with Crippen LogP contribution in [0.4, 0.5) is 5.82 Å². The molecule has 0 spiro atoms. The SMILES string of the molecule is CC[C@H](Nc1cnc2ccccc2n1)C(=O)O. The van der Waals surface area contributed by atoms with Crippen LogP contribution in [0.25, 0.3) is 11.0 Å². The third kappa shape index (κ3) is 2.50. The highest BCUT2D eigenvalue weighted by molar-refractivity contribution is 5.78. The van der Waals surface area contributed by atoms with E-state index in [0.717, 1.165) is 11.0 Å². The Morgan fingerprint density at radius 1 is 1.41 bits per heavy atom. The Hall–Kier alpha value is -2.17. The molecule has 2 rings (SSSR count). The lowest BCUT2D eigenvalue weighted by atomic mass is 10.2. The number of nitrogens with zero attached hydrogens (tertiary/aromatic N) is 2. The third-order valence-electron chi connectivity index (χ3n) is 2.48. The molecule has 0 aliphatic carbocycles. The van der Waals surface area contributed by atoms with E-state index in [4.69, 9.17) is 5.11 Å². The molecule has 2 aromatic rings. The average Bonchev–Trinajstić information content (AvgIpc) is 2.35. The Balaban J connectivity index is 2.27. The van der Waals surface area contributed by atoms with E-state index >= 15 is 0 Å². The highest BCUT2D eigenvalue weighted by Gasteiger charge is 2.15. The molecule has 0 bridgehead atoms. The highest BCUT2D eigenvalue weighted by Crippen LogP contribution is 2.12. The molecule has 1 heterocycles. The van der Waals surface area contributed by atoms with Crippen molar-refractivity contribution in [2.45, 2.75) is 19.4 Å². The first kappa shape index (κ1) is 11.3. The molecule has 1 atom stereocenters. The number of rotatable bonds is 4. The number of benzene rings is 1. The second-order valence-electron chi connectivity index (χ2n) is 3.69. The molecule has 0 fully saturated rings. The molecule has 0 radical (unpaired) electrons. The molecule has 17 heavy (non-hydrogen) atoms. The molecule has 0 unspecified atom stereocenters. The molecule has 0 saturated carbocycles. The zero-order chi connectivity index (χ0) is 12.3. The van der Waals surface area contributed by atoms with Crippen LogP contribution >= 0.6 is 0 Å². The summed E-state index contributed by atoms with van der Waals surface area (Å²) < 4.78 is 0. The minimum Gasteiger partial charge on any atom is -0.480 e. The largest absolute Gasteiger partial charge is 0.480 e. The van der Waals surface area contributed by atoms with Crippen LogP contribution in [0.5, 0.6) is 0 Å². The summed E-state index contributed by atoms with van der Waals surface area (Å²) in [5.74, 6) is -0.402. The summed E-state index contributed by atoms with van der Waals surface area (Å²) in [6.07, 6.45) is 2.04. The summed E-state index contributed by atoms with van der Waals surface area (Å²) >= 11 is 0. The molecule has 0 saturated heterocycles. The number of carboxylic acids is 1. The Labute approximate surface area is 98.5 Å². The van der Waals surface area contributed by atoms with Gasteiger partial charge in [-0.15, -0.1) is 0 Å². The number of carbonyl (C=O) groups is 1. The molecular formula is C12H13N3O2. The maximum Gasteiger partial charge on any atom is 0.326 e. The number of hydrogen-bond acceptors (Lipinski definition) is 4. The standard InChI is InChI=1S/C12H13N3O2/c1-2-8(12(16)17)14-11-7-13-9-5-3-4-6-10(9)15-11/h3-8H,2H2,1H3,(H,14,15)(H,16,17)/t8-/m0/s1. The Morgan fingerprint density at radius 2 is 2.12 bits per heavy atom. The van der Waals surface area contributed by atoms with Crippen molar-refractivity contribution in [3.63, 3.8) is 0 Å². The number of hydrogen-bond donors (Lipinski definition) is 2. The lowest BCUT2D eigenvalue weighted by Crippen LogP contribution is -2.28. The predicted molar refractivity (Wildman–Crippen MR) is 64.9 cm³/mol. The van der Waals surface area contributed by atoms with Gasteiger partial charge >= 0.3 is 5.97 Å². The van der Waals surface area contributed by atoms with E-state index in [1.165, 1.54) is 0 Å². The summed E-state index contributed by atoms with van der Waals surface area (Å²) in [6.45, 7) is 1.81. The van der Waals surface area contributed by atoms with Crippen LogP contribution < -0.4 is 5.32 Å². The van der Waals surface area contributed by atoms with Crippen molar-refractivity contribution in [1.82, 2.24) is 9.97 Å². The van der Waals surface area contributed by atoms with Crippen LogP contribution in [0, 0.1) is 0 Å². The normalized spacial score (nSPS) is 12.3. The average molecular weight is 231 g/mol. The van der Waals surface area contributed by atoms with E-state index in [9.17, 15) is 4.79 Å². The Kier molecular flexibility index (Phi) is 3.18. The molecule has 1 aromatic carbocycles. The summed E-state index contributed by atoms with van der Waals surface area (Å²) in [4.78, 5) is 19.4. The van der Waals surface area contributed by atoms with Crippen molar-refractivity contribution in [3.05, 3.63) is 30.5 Å². The van der Waals surface area contributed by atoms with E-state index in [2.05, 4.69) is 15.3 Å². The van der Waals surface area contributed by atoms with Gasteiger partial charge in [-0.05, 0) is 18.6 Å². The van der Waals surface area contributed by atoms with Gasteiger partial charge in [0.2, 0.25) is 0 Å². The Morgan fingerprint density at radius 3 is 2.76 bits per heavy atom. The second-order valence-corrected chi connectivity index (χ2v) is 3.69. The van der Waals surface area contributed by atoms with Crippen molar-refractivity contribution in [3.8, 4) is 0 Å². The summed E-state index contributed by atoms with van der Waals surface area (Å²) in [5, 5.41) is 11.8. The van der Waals surface area contributed by atoms with Crippen molar-refractivity contribution in [2.24, 2.45) is 0 Å². The molecule has 0 amide bonds. The van der Waals surface area contributed by atoms with Gasteiger partial charge in [0, 0.05) is 0 Å². The first-order valence-electron chi connectivity index (χ1n) is 5.42. The number of para-hydroxylation sites is 2. The van der Waals surface area contributed by atoms with Gasteiger partial charge in [-0.2, -0.15) is 0 Å². The monoisotopic (exact) mass is 231 g/mol. The highest BCUT2D eigenvalue weighted by atomic mass is 16.4. The van der Waals surface area contributed by atoms with Crippen molar-refractivity contribution in [2.75, 3.05) is 5.32 Å². The quantitative estimate of drug-likeness (QED) is 0.840. The summed E-state index contributed by atoms with van der Waals surface area (Å²) in [6, 6.07) is 6.83. The van der Waals surface area contributed by atoms with Crippen LogP contribution in [-0.2, 0) is 4.79 Å². The van der Waals surface area contributed by atoms with E-state index < -0.39 is 12.0 Å². The van der Waals surface area contributed by atoms with E-state index in [-0.39, 0.29) is 0 Å². The van der Waals surface area contributed by atoms with Gasteiger partial charge in [-0.3, -0.25) is 4.98 Å². The molecular weight excluding hydrogens is 218 g/mol. The minimum atomic E-state index is -0.887. The fourth-order valence-electron chi connectivity index (χ4n) is 1.54. The maximum absolute atomic E-state index is 10.9. The Bertz CT molecular complexity index is 542. The lowest BCUT2D eigenvalue weighted by molar-refractivity contribution is -0.137. The first-order chi connectivity index (χ1) is 8.20. The maximum atomic E-state index is 10.9. The van der Waals surface area contributed by atoms with Crippen molar-refractivity contribution in [1.29, 1.82) is 0 Å². The van der Waals surface area contributed by atoms with Crippen LogP contribution in [0.2, 0.25) is 0 Å². The van der Waals surface area contributed by atoms with Crippen LogP contribution in [0.1, 0.15) is 13.3 Å². The van der Waals surface area contributed by atoms with E-state index in [1.807, 2.05) is 24.3 Å². The van der Waals surface area contributed by atoms with Gasteiger partial charge in [0.15, 0.2) is 0 Å². The summed E-state index contributed by atoms with van der Waals surface area (Å²) in [5.41, 5.74) is 1.54. The smallest absolute Gasteiger partial charge is 0.326 e. The van der Waals surface area contributed by atoms with Gasteiger partial charge in [-0.1, -0.05) is 19.1 Å². The fraction of sp³-hybridized carbons (Fsp3) is 0.250. The molecule has 0 aliphatic heterocycles. The number of nitrogens with one attached hydrogen (secondary N) is 1. The fourth-order valence-corrected chi connectivity index (χ4v) is 1.54. The first-order valence-corrected chi connectivity index (χ1v) is 5.42. The van der Waals surface area contributed by atoms with Gasteiger partial charge in [0.1, 0.15) is 11.9 Å². The zero-order valence-electron chi connectivity index (χ0n) is 9.42. The minimum absolute atomic E-state index is 0.484. The number of aliphatic carboxylic acids is 1. The molecule has 5 heteroatoms. The molecule has 2 N–H and O–H groups in total. The van der Waals surface area contributed by atoms with Gasteiger partial charge in [0.05, 0.1) is 17.2 Å². The lowest BCUT2D eigenvalue weighted by Gasteiger charge is -2.12. The molecule has 5 nitrogen and oxygen atoms in total. The van der Waals surface area contributed by atoms with Crippen molar-refractivity contribution < 1.29 is 9.90 Å². The van der Waals surface area contributed by atoms with Crippen LogP contribution in [-0.4, -0.2) is 27.1 Å². The molecule has 1 aromatic heterocycles. The zero-order valence-corrected chi connectivity index (χ0v) is 9.42. The van der Waals surface area contributed by atoms with Crippen molar-refractivity contribution >= 4 is 22.8 Å². The van der Waals surface area contributed by atoms with E-state index in [1.54, 1.807) is 13.1 Å². The summed E-state index contributed by atoms with van der Waals surface area (Å²) in [7, 11) is 0. The predicted octanol–water partition coefficient (Wildman–Crippen LogP) is 1.90. The second kappa shape index (κ2) is 4.78. The number of aromatic nitrogens is 2. The number of anilines is 1. The topological polar surface area (TPSA) is 75.1 Å². The molecule has 88 valence electrons. The van der Waals surface area contributed by atoms with Gasteiger partial charge in [-0.25, -0.2) is 9.78 Å². The third-order valence-corrected chi connectivity index (χ3v) is 2.48. The molecule has 0 aliphatic rings. The van der Waals surface area contributed by atoms with Gasteiger partial charge < -0.3 is 10.4 Å². The van der Waals surface area contributed by atoms with Gasteiger partial charge in [0.25, 0.3) is 0 Å². The number of fused-ring (bicyclic) bond motifs is 1. The van der Waals surface area contributed by atoms with E-state index in [0.29, 0.717) is 12.2 Å².